The average Bonchev–Trinajstić information content (AvgIpc) is 2.40. The monoisotopic (exact) mass is 298 g/mol. The van der Waals surface area contributed by atoms with Crippen LogP contribution in [0.15, 0.2) is 0 Å². The summed E-state index contributed by atoms with van der Waals surface area (Å²) in [4.78, 5) is 13.9. The Balaban J connectivity index is 1.84. The molecule has 5 nitrogen and oxygen atoms in total. The molecule has 0 aromatic heterocycles. The van der Waals surface area contributed by atoms with E-state index in [0.29, 0.717) is 6.54 Å². The molecule has 2 aliphatic rings. The van der Waals surface area contributed by atoms with Gasteiger partial charge in [0.2, 0.25) is 0 Å². The molecule has 0 spiro atoms. The minimum absolute atomic E-state index is 0.183. The van der Waals surface area contributed by atoms with Crippen molar-refractivity contribution in [3.63, 3.8) is 0 Å². The Morgan fingerprint density at radius 3 is 2.57 bits per heavy atom. The molecule has 0 bridgehead atoms. The van der Waals surface area contributed by atoms with Gasteiger partial charge in [0, 0.05) is 25.2 Å². The zero-order valence-corrected chi connectivity index (χ0v) is 13.6. The summed E-state index contributed by atoms with van der Waals surface area (Å²) in [6.07, 6.45) is 5.80. The second-order valence-corrected chi connectivity index (χ2v) is 7.39. The fraction of sp³-hybridized carbons (Fsp3) is 0.938. The maximum absolute atomic E-state index is 12.1. The molecule has 1 aliphatic carbocycles. The topological polar surface area (TPSA) is 61.8 Å². The van der Waals surface area contributed by atoms with Crippen LogP contribution in [-0.4, -0.2) is 53.0 Å². The first-order chi connectivity index (χ1) is 9.85. The number of ether oxygens (including phenoxy) is 1. The Labute approximate surface area is 128 Å². The van der Waals surface area contributed by atoms with E-state index in [0.717, 1.165) is 38.6 Å². The fourth-order valence-electron chi connectivity index (χ4n) is 3.21. The van der Waals surface area contributed by atoms with E-state index in [-0.39, 0.29) is 24.3 Å². The Kier molecular flexibility index (Phi) is 5.49. The molecular weight excluding hydrogens is 268 g/mol. The van der Waals surface area contributed by atoms with E-state index in [2.05, 4.69) is 5.32 Å². The third-order valence-electron chi connectivity index (χ3n) is 4.25. The van der Waals surface area contributed by atoms with E-state index in [1.54, 1.807) is 4.90 Å². The smallest absolute Gasteiger partial charge is 0.410 e. The van der Waals surface area contributed by atoms with Gasteiger partial charge in [-0.05, 0) is 46.5 Å². The molecule has 21 heavy (non-hydrogen) atoms. The minimum atomic E-state index is -0.447. The molecule has 1 heterocycles. The van der Waals surface area contributed by atoms with Gasteiger partial charge in [-0.15, -0.1) is 0 Å². The Hall–Kier alpha value is -0.810. The number of hydrogen-bond donors (Lipinski definition) is 2. The number of nitrogens with zero attached hydrogens (tertiary/aromatic N) is 1. The van der Waals surface area contributed by atoms with Gasteiger partial charge in [0.05, 0.1) is 6.10 Å². The Morgan fingerprint density at radius 1 is 1.19 bits per heavy atom. The van der Waals surface area contributed by atoms with Crippen LogP contribution in [0.25, 0.3) is 0 Å². The molecule has 5 heteroatoms. The van der Waals surface area contributed by atoms with Crippen LogP contribution < -0.4 is 5.32 Å². The molecule has 3 atom stereocenters. The summed E-state index contributed by atoms with van der Waals surface area (Å²) in [5.41, 5.74) is -0.447. The number of piperidine rings is 1. The van der Waals surface area contributed by atoms with Crippen molar-refractivity contribution in [2.75, 3.05) is 13.1 Å². The number of hydrogen-bond acceptors (Lipinski definition) is 4. The zero-order valence-electron chi connectivity index (χ0n) is 13.6. The number of aliphatic hydroxyl groups excluding tert-OH is 1. The molecule has 0 aromatic rings. The van der Waals surface area contributed by atoms with Gasteiger partial charge in [0.15, 0.2) is 0 Å². The normalized spacial score (nSPS) is 31.0. The third kappa shape index (κ3) is 5.15. The third-order valence-corrected chi connectivity index (χ3v) is 4.25. The first kappa shape index (κ1) is 16.6. The lowest BCUT2D eigenvalue weighted by molar-refractivity contribution is 0.0161. The molecule has 3 unspecified atom stereocenters. The number of rotatable bonds is 2. The molecule has 1 amide bonds. The largest absolute Gasteiger partial charge is 0.444 e. The maximum Gasteiger partial charge on any atom is 0.410 e. The van der Waals surface area contributed by atoms with Crippen LogP contribution in [0.2, 0.25) is 0 Å². The number of nitrogens with one attached hydrogen (secondary N) is 1. The van der Waals surface area contributed by atoms with Gasteiger partial charge in [-0.3, -0.25) is 0 Å². The van der Waals surface area contributed by atoms with Gasteiger partial charge in [-0.1, -0.05) is 12.8 Å². The summed E-state index contributed by atoms with van der Waals surface area (Å²) in [6.45, 7) is 7.12. The van der Waals surface area contributed by atoms with E-state index in [1.165, 1.54) is 6.42 Å². The lowest BCUT2D eigenvalue weighted by Crippen LogP contribution is -2.54. The van der Waals surface area contributed by atoms with Crippen LogP contribution in [0.3, 0.4) is 0 Å². The van der Waals surface area contributed by atoms with Gasteiger partial charge >= 0.3 is 6.09 Å². The molecule has 2 fully saturated rings. The standard InChI is InChI=1S/C16H30N2O3/c1-16(2,3)21-15(20)18-10-6-7-12(11-18)17-13-8-4-5-9-14(13)19/h12-14,17,19H,4-11H2,1-3H3. The molecule has 1 saturated carbocycles. The summed E-state index contributed by atoms with van der Waals surface area (Å²) in [6, 6.07) is 0.450. The predicted octanol–water partition coefficient (Wildman–Crippen LogP) is 2.28. The van der Waals surface area contributed by atoms with Gasteiger partial charge in [0.1, 0.15) is 5.60 Å². The summed E-state index contributed by atoms with van der Waals surface area (Å²) < 4.78 is 5.45. The second kappa shape index (κ2) is 6.97. The van der Waals surface area contributed by atoms with Crippen molar-refractivity contribution in [3.05, 3.63) is 0 Å². The Morgan fingerprint density at radius 2 is 1.90 bits per heavy atom. The SMILES string of the molecule is CC(C)(C)OC(=O)N1CCCC(NC2CCCCC2O)C1. The lowest BCUT2D eigenvalue weighted by Gasteiger charge is -2.38. The van der Waals surface area contributed by atoms with Gasteiger partial charge in [-0.25, -0.2) is 4.79 Å². The Bertz CT molecular complexity index is 354. The summed E-state index contributed by atoms with van der Waals surface area (Å²) in [5, 5.41) is 13.6. The van der Waals surface area contributed by atoms with E-state index < -0.39 is 5.60 Å². The van der Waals surface area contributed by atoms with Gasteiger partial charge < -0.3 is 20.1 Å². The van der Waals surface area contributed by atoms with E-state index in [9.17, 15) is 9.90 Å². The van der Waals surface area contributed by atoms with Crippen LogP contribution in [-0.2, 0) is 4.74 Å². The maximum atomic E-state index is 12.1. The van der Waals surface area contributed by atoms with Crippen LogP contribution in [0, 0.1) is 0 Å². The second-order valence-electron chi connectivity index (χ2n) is 7.39. The number of aliphatic hydroxyl groups is 1. The molecule has 1 saturated heterocycles. The van der Waals surface area contributed by atoms with Crippen molar-refractivity contribution in [1.82, 2.24) is 10.2 Å². The molecule has 1 aliphatic heterocycles. The van der Waals surface area contributed by atoms with Crippen molar-refractivity contribution < 1.29 is 14.6 Å². The highest BCUT2D eigenvalue weighted by atomic mass is 16.6. The first-order valence-electron chi connectivity index (χ1n) is 8.27. The zero-order chi connectivity index (χ0) is 15.5. The summed E-state index contributed by atoms with van der Waals surface area (Å²) >= 11 is 0. The average molecular weight is 298 g/mol. The van der Waals surface area contributed by atoms with Crippen molar-refractivity contribution >= 4 is 6.09 Å². The summed E-state index contributed by atoms with van der Waals surface area (Å²) in [5.74, 6) is 0. The van der Waals surface area contributed by atoms with Gasteiger partial charge in [0.25, 0.3) is 0 Å². The first-order valence-corrected chi connectivity index (χ1v) is 8.27. The molecule has 0 aromatic carbocycles. The van der Waals surface area contributed by atoms with Crippen molar-refractivity contribution in [3.8, 4) is 0 Å². The van der Waals surface area contributed by atoms with E-state index in [1.807, 2.05) is 20.8 Å². The quantitative estimate of drug-likeness (QED) is 0.821. The highest BCUT2D eigenvalue weighted by Gasteiger charge is 2.30. The number of likely N-dealkylation sites (tertiary alicyclic amines) is 1. The van der Waals surface area contributed by atoms with E-state index in [4.69, 9.17) is 4.74 Å². The molecule has 122 valence electrons. The van der Waals surface area contributed by atoms with Crippen molar-refractivity contribution in [2.45, 2.75) is 83.1 Å². The van der Waals surface area contributed by atoms with Crippen molar-refractivity contribution in [2.24, 2.45) is 0 Å². The van der Waals surface area contributed by atoms with E-state index >= 15 is 0 Å². The van der Waals surface area contributed by atoms with Crippen LogP contribution in [0.5, 0.6) is 0 Å². The van der Waals surface area contributed by atoms with Crippen LogP contribution in [0.1, 0.15) is 59.3 Å². The highest BCUT2D eigenvalue weighted by molar-refractivity contribution is 5.68. The minimum Gasteiger partial charge on any atom is -0.444 e. The molecule has 2 N–H and O–H groups in total. The van der Waals surface area contributed by atoms with Crippen LogP contribution >= 0.6 is 0 Å². The number of carbonyl (C=O) groups is 1. The fourth-order valence-corrected chi connectivity index (χ4v) is 3.21. The molecule has 2 rings (SSSR count). The van der Waals surface area contributed by atoms with Crippen molar-refractivity contribution in [1.29, 1.82) is 0 Å². The number of carbonyl (C=O) groups excluding carboxylic acids is 1. The van der Waals surface area contributed by atoms with Gasteiger partial charge in [-0.2, -0.15) is 0 Å². The van der Waals surface area contributed by atoms with Crippen LogP contribution in [0.4, 0.5) is 4.79 Å². The molecular formula is C16H30N2O3. The predicted molar refractivity (Wildman–Crippen MR) is 82.2 cm³/mol. The summed E-state index contributed by atoms with van der Waals surface area (Å²) in [7, 11) is 0. The number of amides is 1. The molecule has 0 radical (unpaired) electrons. The lowest BCUT2D eigenvalue weighted by atomic mass is 9.91. The highest BCUT2D eigenvalue weighted by Crippen LogP contribution is 2.21.